The second-order valence-corrected chi connectivity index (χ2v) is 13.0. The van der Waals surface area contributed by atoms with Crippen molar-refractivity contribution in [3.63, 3.8) is 0 Å². The summed E-state index contributed by atoms with van der Waals surface area (Å²) >= 11 is 0. The molecule has 0 amide bonds. The van der Waals surface area contributed by atoms with E-state index in [1.165, 1.54) is 25.7 Å². The summed E-state index contributed by atoms with van der Waals surface area (Å²) in [6.45, 7) is 9.77. The van der Waals surface area contributed by atoms with Gasteiger partial charge in [0.2, 0.25) is 0 Å². The molecule has 0 bridgehead atoms. The zero-order valence-corrected chi connectivity index (χ0v) is 20.8. The van der Waals surface area contributed by atoms with E-state index in [0.717, 1.165) is 49.9 Å². The minimum absolute atomic E-state index is 0.120. The Morgan fingerprint density at radius 2 is 1.84 bits per heavy atom. The van der Waals surface area contributed by atoms with Crippen molar-refractivity contribution < 1.29 is 19.3 Å². The number of hydrogen-bond acceptors (Lipinski definition) is 4. The molecule has 0 radical (unpaired) electrons. The quantitative estimate of drug-likeness (QED) is 0.528. The number of methoxy groups -OCH3 is 1. The van der Waals surface area contributed by atoms with Crippen molar-refractivity contribution in [2.24, 2.45) is 46.3 Å². The van der Waals surface area contributed by atoms with Crippen molar-refractivity contribution >= 4 is 0 Å². The van der Waals surface area contributed by atoms with Gasteiger partial charge in [-0.1, -0.05) is 39.3 Å². The average Bonchev–Trinajstić information content (AvgIpc) is 3.21. The molecule has 2 heterocycles. The van der Waals surface area contributed by atoms with Crippen molar-refractivity contribution in [1.29, 1.82) is 0 Å². The molecule has 1 N–H and O–H groups in total. The Bertz CT molecular complexity index is 794. The number of fused-ring (bicyclic) bond motifs is 7. The molecule has 0 aromatic rings. The third-order valence-corrected chi connectivity index (χ3v) is 11.7. The molecule has 1 spiro atoms. The van der Waals surface area contributed by atoms with Crippen LogP contribution in [0.2, 0.25) is 0 Å². The summed E-state index contributed by atoms with van der Waals surface area (Å²) in [4.78, 5) is 0. The molecule has 0 aromatic heterocycles. The summed E-state index contributed by atoms with van der Waals surface area (Å²) in [6, 6.07) is 0. The van der Waals surface area contributed by atoms with Gasteiger partial charge in [-0.05, 0) is 85.9 Å². The van der Waals surface area contributed by atoms with Gasteiger partial charge < -0.3 is 19.3 Å². The standard InChI is InChI=1S/C28H44O4/c1-16-8-13-28(32-25(16)30-5)17(2)24-23(31-28)15-22-20-7-6-18-14-19(29)9-11-26(18,3)21(20)10-12-27(22,24)4/h6,16-17,19-25,29H,7-15H2,1-5H3/t16-,17+,19+,20-,21+,22+,23+,24+,25-,26+,27+,28+/m1/s1. The maximum absolute atomic E-state index is 10.3. The number of ether oxygens (including phenoxy) is 3. The molecule has 32 heavy (non-hydrogen) atoms. The lowest BCUT2D eigenvalue weighted by Crippen LogP contribution is -2.53. The molecule has 180 valence electrons. The van der Waals surface area contributed by atoms with E-state index in [0.29, 0.717) is 34.7 Å². The summed E-state index contributed by atoms with van der Waals surface area (Å²) < 4.78 is 19.2. The van der Waals surface area contributed by atoms with Crippen LogP contribution in [0.4, 0.5) is 0 Å². The zero-order chi connectivity index (χ0) is 22.5. The van der Waals surface area contributed by atoms with E-state index < -0.39 is 5.79 Å². The Morgan fingerprint density at radius 3 is 2.62 bits per heavy atom. The predicted molar refractivity (Wildman–Crippen MR) is 124 cm³/mol. The van der Waals surface area contributed by atoms with Crippen LogP contribution in [-0.4, -0.2) is 36.5 Å². The molecule has 4 nitrogen and oxygen atoms in total. The van der Waals surface area contributed by atoms with Crippen LogP contribution in [0.15, 0.2) is 11.6 Å². The van der Waals surface area contributed by atoms with Gasteiger partial charge in [0.15, 0.2) is 12.1 Å². The molecule has 6 aliphatic rings. The van der Waals surface area contributed by atoms with E-state index in [9.17, 15) is 5.11 Å². The smallest absolute Gasteiger partial charge is 0.174 e. The molecule has 5 fully saturated rings. The van der Waals surface area contributed by atoms with E-state index in [4.69, 9.17) is 14.2 Å². The highest BCUT2D eigenvalue weighted by Crippen LogP contribution is 2.70. The summed E-state index contributed by atoms with van der Waals surface area (Å²) in [7, 11) is 1.77. The van der Waals surface area contributed by atoms with Gasteiger partial charge in [-0.15, -0.1) is 0 Å². The summed E-state index contributed by atoms with van der Waals surface area (Å²) in [5, 5.41) is 10.3. The predicted octanol–water partition coefficient (Wildman–Crippen LogP) is 5.69. The molecule has 4 aliphatic carbocycles. The van der Waals surface area contributed by atoms with Gasteiger partial charge in [0.05, 0.1) is 12.2 Å². The van der Waals surface area contributed by atoms with E-state index >= 15 is 0 Å². The van der Waals surface area contributed by atoms with Gasteiger partial charge in [0.25, 0.3) is 0 Å². The second-order valence-electron chi connectivity index (χ2n) is 13.0. The van der Waals surface area contributed by atoms with Gasteiger partial charge in [-0.25, -0.2) is 0 Å². The first-order valence-corrected chi connectivity index (χ1v) is 13.5. The molecule has 0 aromatic carbocycles. The number of aliphatic hydroxyl groups is 1. The number of allylic oxidation sites excluding steroid dienone is 1. The minimum atomic E-state index is -0.446. The van der Waals surface area contributed by atoms with Crippen LogP contribution in [0, 0.1) is 46.3 Å². The highest BCUT2D eigenvalue weighted by Gasteiger charge is 2.69. The fraction of sp³-hybridized carbons (Fsp3) is 0.929. The number of hydrogen-bond donors (Lipinski definition) is 1. The number of rotatable bonds is 1. The Balaban J connectivity index is 1.27. The van der Waals surface area contributed by atoms with E-state index in [1.54, 1.807) is 12.7 Å². The topological polar surface area (TPSA) is 47.9 Å². The lowest BCUT2D eigenvalue weighted by Gasteiger charge is -2.58. The van der Waals surface area contributed by atoms with Crippen LogP contribution in [0.5, 0.6) is 0 Å². The molecule has 3 saturated carbocycles. The zero-order valence-electron chi connectivity index (χ0n) is 20.8. The molecule has 2 saturated heterocycles. The minimum Gasteiger partial charge on any atom is -0.393 e. The van der Waals surface area contributed by atoms with Crippen LogP contribution < -0.4 is 0 Å². The third-order valence-electron chi connectivity index (χ3n) is 11.7. The van der Waals surface area contributed by atoms with Crippen LogP contribution in [0.1, 0.15) is 85.5 Å². The average molecular weight is 445 g/mol. The lowest BCUT2D eigenvalue weighted by molar-refractivity contribution is -0.345. The van der Waals surface area contributed by atoms with E-state index in [2.05, 4.69) is 33.8 Å². The van der Waals surface area contributed by atoms with Crippen molar-refractivity contribution in [3.05, 3.63) is 11.6 Å². The van der Waals surface area contributed by atoms with E-state index in [1.807, 2.05) is 0 Å². The molecular weight excluding hydrogens is 400 g/mol. The van der Waals surface area contributed by atoms with Gasteiger partial charge in [-0.2, -0.15) is 0 Å². The Kier molecular flexibility index (Phi) is 5.03. The summed E-state index contributed by atoms with van der Waals surface area (Å²) in [5.74, 6) is 3.29. The molecular formula is C28H44O4. The first-order chi connectivity index (χ1) is 15.2. The Hall–Kier alpha value is -0.420. The van der Waals surface area contributed by atoms with Crippen molar-refractivity contribution in [2.75, 3.05) is 7.11 Å². The second kappa shape index (κ2) is 7.29. The lowest BCUT2D eigenvalue weighted by atomic mass is 9.47. The monoisotopic (exact) mass is 444 g/mol. The largest absolute Gasteiger partial charge is 0.393 e. The fourth-order valence-electron chi connectivity index (χ4n) is 9.96. The van der Waals surface area contributed by atoms with E-state index in [-0.39, 0.29) is 12.4 Å². The van der Waals surface area contributed by atoms with Crippen molar-refractivity contribution in [2.45, 2.75) is 110 Å². The maximum Gasteiger partial charge on any atom is 0.174 e. The SMILES string of the molecule is CO[C@@H]1O[C@]2(CC[C@H]1C)O[C@H]1C[C@H]3[C@@H]4CC=C5C[C@@H](O)CC[C@]5(C)[C@H]4CC[C@]3(C)[C@H]1[C@@H]2C. The van der Waals surface area contributed by atoms with Gasteiger partial charge in [0.1, 0.15) is 0 Å². The molecule has 2 aliphatic heterocycles. The molecule has 6 rings (SSSR count). The molecule has 0 unspecified atom stereocenters. The Morgan fingerprint density at radius 1 is 1.03 bits per heavy atom. The van der Waals surface area contributed by atoms with Crippen LogP contribution in [-0.2, 0) is 14.2 Å². The van der Waals surface area contributed by atoms with Gasteiger partial charge in [-0.3, -0.25) is 0 Å². The van der Waals surface area contributed by atoms with Crippen LogP contribution in [0.3, 0.4) is 0 Å². The summed E-state index contributed by atoms with van der Waals surface area (Å²) in [6.07, 6.45) is 12.8. The van der Waals surface area contributed by atoms with Gasteiger partial charge in [0, 0.05) is 25.4 Å². The fourth-order valence-corrected chi connectivity index (χ4v) is 9.96. The van der Waals surface area contributed by atoms with Crippen molar-refractivity contribution in [3.8, 4) is 0 Å². The van der Waals surface area contributed by atoms with Crippen LogP contribution in [0.25, 0.3) is 0 Å². The Labute approximate surface area is 194 Å². The van der Waals surface area contributed by atoms with Gasteiger partial charge >= 0.3 is 0 Å². The highest BCUT2D eigenvalue weighted by molar-refractivity contribution is 5.26. The first-order valence-electron chi connectivity index (χ1n) is 13.5. The molecule has 12 atom stereocenters. The highest BCUT2D eigenvalue weighted by atomic mass is 16.8. The van der Waals surface area contributed by atoms with Crippen molar-refractivity contribution in [1.82, 2.24) is 0 Å². The molecule has 4 heteroatoms. The normalized spacial score (nSPS) is 59.2. The maximum atomic E-state index is 10.3. The first kappa shape index (κ1) is 22.1. The third kappa shape index (κ3) is 2.82. The van der Waals surface area contributed by atoms with Crippen LogP contribution >= 0.6 is 0 Å². The number of aliphatic hydroxyl groups excluding tert-OH is 1. The summed E-state index contributed by atoms with van der Waals surface area (Å²) in [5.41, 5.74) is 2.22.